The fraction of sp³-hybridized carbons (Fsp3) is 0.571. The first-order chi connectivity index (χ1) is 11.2. The number of anilines is 1. The van der Waals surface area contributed by atoms with Crippen LogP contribution < -0.4 is 5.32 Å². The van der Waals surface area contributed by atoms with Crippen molar-refractivity contribution in [2.45, 2.75) is 25.4 Å². The zero-order valence-electron chi connectivity index (χ0n) is 12.5. The largest absolute Gasteiger partial charge is 0.465 e. The van der Waals surface area contributed by atoms with Gasteiger partial charge >= 0.3 is 12.3 Å². The first-order valence-corrected chi connectivity index (χ1v) is 7.39. The van der Waals surface area contributed by atoms with E-state index in [4.69, 9.17) is 5.11 Å². The van der Waals surface area contributed by atoms with Crippen LogP contribution in [0.1, 0.15) is 25.1 Å². The Hall–Kier alpha value is -2.39. The van der Waals surface area contributed by atoms with Crippen LogP contribution in [0, 0.1) is 11.3 Å². The summed E-state index contributed by atoms with van der Waals surface area (Å²) in [7, 11) is 0. The van der Waals surface area contributed by atoms with Crippen LogP contribution in [0.4, 0.5) is 23.7 Å². The molecule has 1 saturated heterocycles. The molecular weight excluding hydrogens is 329 g/mol. The monoisotopic (exact) mass is 344 g/mol. The Kier molecular flexibility index (Phi) is 3.84. The van der Waals surface area contributed by atoms with Gasteiger partial charge in [-0.05, 0) is 24.7 Å². The highest BCUT2D eigenvalue weighted by molar-refractivity contribution is 5.94. The number of carbonyl (C=O) groups excluding carboxylic acids is 1. The molecular formula is C14H15F3N4O3. The second kappa shape index (κ2) is 5.60. The predicted molar refractivity (Wildman–Crippen MR) is 75.0 cm³/mol. The maximum Gasteiger partial charge on any atom is 0.451 e. The second-order valence-electron chi connectivity index (χ2n) is 6.17. The topological polar surface area (TPSA) is 95.4 Å². The van der Waals surface area contributed by atoms with Crippen molar-refractivity contribution in [2.24, 2.45) is 11.3 Å². The molecule has 1 aliphatic carbocycles. The number of amides is 2. The van der Waals surface area contributed by atoms with E-state index in [1.54, 1.807) is 0 Å². The lowest BCUT2D eigenvalue weighted by Crippen LogP contribution is -2.39. The van der Waals surface area contributed by atoms with Gasteiger partial charge in [0.1, 0.15) is 0 Å². The second-order valence-corrected chi connectivity index (χ2v) is 6.17. The lowest BCUT2D eigenvalue weighted by molar-refractivity contribution is -0.144. The van der Waals surface area contributed by atoms with Crippen molar-refractivity contribution in [1.82, 2.24) is 14.9 Å². The Labute approximate surface area is 134 Å². The number of alkyl halides is 3. The molecule has 2 aliphatic rings. The number of hydrogen-bond acceptors (Lipinski definition) is 4. The van der Waals surface area contributed by atoms with Gasteiger partial charge in [0, 0.05) is 19.0 Å². The number of rotatable bonds is 2. The molecule has 1 saturated carbocycles. The van der Waals surface area contributed by atoms with Gasteiger partial charge in [-0.15, -0.1) is 0 Å². The van der Waals surface area contributed by atoms with Crippen LogP contribution in [0.5, 0.6) is 0 Å². The molecule has 130 valence electrons. The summed E-state index contributed by atoms with van der Waals surface area (Å²) in [5.74, 6) is -1.80. The van der Waals surface area contributed by atoms with Gasteiger partial charge in [0.25, 0.3) is 0 Å². The number of carbonyl (C=O) groups is 2. The normalized spacial score (nSPS) is 22.3. The van der Waals surface area contributed by atoms with Crippen molar-refractivity contribution in [2.75, 3.05) is 18.4 Å². The highest BCUT2D eigenvalue weighted by Gasteiger charge is 2.58. The third-order valence-electron chi connectivity index (χ3n) is 4.71. The molecule has 10 heteroatoms. The van der Waals surface area contributed by atoms with E-state index in [-0.39, 0.29) is 22.9 Å². The van der Waals surface area contributed by atoms with E-state index in [2.05, 4.69) is 15.3 Å². The van der Waals surface area contributed by atoms with Gasteiger partial charge in [0.05, 0.1) is 18.1 Å². The molecule has 0 aromatic carbocycles. The van der Waals surface area contributed by atoms with E-state index in [9.17, 15) is 22.8 Å². The Morgan fingerprint density at radius 2 is 1.83 bits per heavy atom. The van der Waals surface area contributed by atoms with Gasteiger partial charge in [0.2, 0.25) is 11.7 Å². The Bertz CT molecular complexity index is 654. The molecule has 2 fully saturated rings. The molecule has 2 N–H and O–H groups in total. The number of nitrogens with zero attached hydrogens (tertiary/aromatic N) is 3. The van der Waals surface area contributed by atoms with E-state index in [0.29, 0.717) is 32.4 Å². The summed E-state index contributed by atoms with van der Waals surface area (Å²) in [5, 5.41) is 11.5. The average molecular weight is 344 g/mol. The summed E-state index contributed by atoms with van der Waals surface area (Å²) in [6.45, 7) is 0.783. The molecule has 1 aromatic rings. The highest BCUT2D eigenvalue weighted by atomic mass is 19.4. The standard InChI is InChI=1S/C14H15F3N4O3/c15-14(16,17)11-18-6-8(7-19-11)20-10(22)9-5-13(9)1-3-21(4-2-13)12(23)24/h6-7,9H,1-5H2,(H,20,22)(H,23,24)/t9-/m1/s1. The molecule has 3 rings (SSSR count). The molecule has 1 atom stereocenters. The van der Waals surface area contributed by atoms with Crippen molar-refractivity contribution in [3.8, 4) is 0 Å². The van der Waals surface area contributed by atoms with Crippen molar-refractivity contribution >= 4 is 17.7 Å². The van der Waals surface area contributed by atoms with Gasteiger partial charge in [-0.1, -0.05) is 0 Å². The first-order valence-electron chi connectivity index (χ1n) is 7.39. The first kappa shape index (κ1) is 16.5. The van der Waals surface area contributed by atoms with E-state index in [1.165, 1.54) is 4.90 Å². The van der Waals surface area contributed by atoms with Gasteiger partial charge in [0.15, 0.2) is 0 Å². The lowest BCUT2D eigenvalue weighted by atomic mass is 9.91. The van der Waals surface area contributed by atoms with Crippen LogP contribution in [-0.2, 0) is 11.0 Å². The fourth-order valence-electron chi connectivity index (χ4n) is 3.18. The van der Waals surface area contributed by atoms with E-state index >= 15 is 0 Å². The van der Waals surface area contributed by atoms with E-state index < -0.39 is 18.1 Å². The van der Waals surface area contributed by atoms with Crippen molar-refractivity contribution < 1.29 is 27.9 Å². The van der Waals surface area contributed by atoms with E-state index in [0.717, 1.165) is 12.4 Å². The number of piperidine rings is 1. The molecule has 1 spiro atoms. The molecule has 1 aromatic heterocycles. The Morgan fingerprint density at radius 1 is 1.25 bits per heavy atom. The Balaban J connectivity index is 1.57. The maximum absolute atomic E-state index is 12.4. The summed E-state index contributed by atoms with van der Waals surface area (Å²) in [5.41, 5.74) is -0.0824. The third-order valence-corrected chi connectivity index (χ3v) is 4.71. The number of hydrogen-bond donors (Lipinski definition) is 2. The van der Waals surface area contributed by atoms with Crippen LogP contribution in [0.3, 0.4) is 0 Å². The van der Waals surface area contributed by atoms with Gasteiger partial charge in [-0.2, -0.15) is 13.2 Å². The lowest BCUT2D eigenvalue weighted by Gasteiger charge is -2.30. The quantitative estimate of drug-likeness (QED) is 0.858. The summed E-state index contributed by atoms with van der Waals surface area (Å²) >= 11 is 0. The van der Waals surface area contributed by atoms with Gasteiger partial charge < -0.3 is 15.3 Å². The Morgan fingerprint density at radius 3 is 2.33 bits per heavy atom. The zero-order chi connectivity index (χ0) is 17.5. The third kappa shape index (κ3) is 3.13. The minimum absolute atomic E-state index is 0.109. The number of likely N-dealkylation sites (tertiary alicyclic amines) is 1. The van der Waals surface area contributed by atoms with Crippen LogP contribution in [0.2, 0.25) is 0 Å². The number of nitrogens with one attached hydrogen (secondary N) is 1. The molecule has 24 heavy (non-hydrogen) atoms. The molecule has 1 aliphatic heterocycles. The molecule has 2 amide bonds. The minimum Gasteiger partial charge on any atom is -0.465 e. The van der Waals surface area contributed by atoms with E-state index in [1.807, 2.05) is 0 Å². The molecule has 0 bridgehead atoms. The highest BCUT2D eigenvalue weighted by Crippen LogP contribution is 2.59. The SMILES string of the molecule is O=C(Nc1cnc(C(F)(F)F)nc1)[C@H]1CC12CCN(C(=O)O)CC2. The number of carboxylic acid groups (broad SMARTS) is 1. The molecule has 0 radical (unpaired) electrons. The van der Waals surface area contributed by atoms with Gasteiger partial charge in [-0.3, -0.25) is 4.79 Å². The smallest absolute Gasteiger partial charge is 0.451 e. The van der Waals surface area contributed by atoms with Crippen molar-refractivity contribution in [3.63, 3.8) is 0 Å². The molecule has 0 unspecified atom stereocenters. The van der Waals surface area contributed by atoms with Crippen LogP contribution >= 0.6 is 0 Å². The summed E-state index contributed by atoms with van der Waals surface area (Å²) in [6, 6.07) is 0. The average Bonchev–Trinajstić information content (AvgIpc) is 3.21. The number of halogens is 3. The maximum atomic E-state index is 12.4. The van der Waals surface area contributed by atoms with Crippen LogP contribution in [0.15, 0.2) is 12.4 Å². The van der Waals surface area contributed by atoms with Gasteiger partial charge in [-0.25, -0.2) is 14.8 Å². The van der Waals surface area contributed by atoms with Crippen LogP contribution in [0.25, 0.3) is 0 Å². The zero-order valence-corrected chi connectivity index (χ0v) is 12.5. The number of aromatic nitrogens is 2. The fourth-order valence-corrected chi connectivity index (χ4v) is 3.18. The van der Waals surface area contributed by atoms with Crippen LogP contribution in [-0.4, -0.2) is 45.1 Å². The molecule has 7 nitrogen and oxygen atoms in total. The predicted octanol–water partition coefficient (Wildman–Crippen LogP) is 2.21. The molecule has 2 heterocycles. The minimum atomic E-state index is -4.62. The summed E-state index contributed by atoms with van der Waals surface area (Å²) in [6.07, 6.45) is -1.85. The van der Waals surface area contributed by atoms with Crippen molar-refractivity contribution in [1.29, 1.82) is 0 Å². The summed E-state index contributed by atoms with van der Waals surface area (Å²) in [4.78, 5) is 30.8. The van der Waals surface area contributed by atoms with Crippen molar-refractivity contribution in [3.05, 3.63) is 18.2 Å². The summed E-state index contributed by atoms with van der Waals surface area (Å²) < 4.78 is 37.2.